The van der Waals surface area contributed by atoms with Gasteiger partial charge >= 0.3 is 6.18 Å². The molecule has 2 bridgehead atoms. The lowest BCUT2D eigenvalue weighted by atomic mass is 9.95. The van der Waals surface area contributed by atoms with E-state index in [9.17, 15) is 32.3 Å². The average Bonchev–Trinajstić information content (AvgIpc) is 3.37. The Morgan fingerprint density at radius 2 is 1.77 bits per heavy atom. The molecule has 7 rings (SSSR count). The molecule has 4 aromatic rings. The summed E-state index contributed by atoms with van der Waals surface area (Å²) in [6.45, 7) is 6.72. The molecule has 3 amide bonds. The standard InChI is InChI=1S/C38H41F3N8O4/c1-20-11-12-29(38(39,40)41)45-35(20)46-36(53)28-15-37-19-44-30(51)10-8-6-5-7-9-24-13-25(27-17-42-21(2)16-43-27)14-26-32(23(4)50)47-48(33(24)26)18-31(52)49(28)34(37)22(37)3/h11-14,16-17,22,28,34H,5-10,15,18-19H2,1-4H3,(H,44,51)(H,45,46,53)/t22-,28-,34?,37+/m0/s1. The molecule has 4 atom stereocenters. The minimum absolute atomic E-state index is 0.0704. The summed E-state index contributed by atoms with van der Waals surface area (Å²) in [5.74, 6) is -1.82. The van der Waals surface area contributed by atoms with Crippen LogP contribution in [0, 0.1) is 25.2 Å². The van der Waals surface area contributed by atoms with Crippen molar-refractivity contribution >= 4 is 40.2 Å². The summed E-state index contributed by atoms with van der Waals surface area (Å²) in [5, 5.41) is 10.9. The number of hydrogen-bond acceptors (Lipinski definition) is 8. The van der Waals surface area contributed by atoms with Gasteiger partial charge in [0.1, 0.15) is 29.8 Å². The van der Waals surface area contributed by atoms with Crippen LogP contribution < -0.4 is 10.6 Å². The highest BCUT2D eigenvalue weighted by molar-refractivity contribution is 6.07. The Morgan fingerprint density at radius 1 is 1.02 bits per heavy atom. The number of Topliss-reactive ketones (excluding diaryl/α,β-unsaturated/α-hetero) is 1. The molecule has 5 heterocycles. The van der Waals surface area contributed by atoms with Crippen molar-refractivity contribution in [3.63, 3.8) is 0 Å². The molecule has 0 spiro atoms. The molecule has 1 saturated heterocycles. The van der Waals surface area contributed by atoms with Gasteiger partial charge in [0, 0.05) is 48.5 Å². The van der Waals surface area contributed by atoms with E-state index >= 15 is 0 Å². The molecule has 2 fully saturated rings. The van der Waals surface area contributed by atoms with E-state index in [1.165, 1.54) is 29.5 Å². The van der Waals surface area contributed by atoms with Gasteiger partial charge in [0.2, 0.25) is 17.7 Å². The van der Waals surface area contributed by atoms with Gasteiger partial charge in [-0.2, -0.15) is 18.3 Å². The quantitative estimate of drug-likeness (QED) is 0.258. The zero-order valence-electron chi connectivity index (χ0n) is 30.0. The van der Waals surface area contributed by atoms with Crippen LogP contribution in [-0.2, 0) is 33.5 Å². The summed E-state index contributed by atoms with van der Waals surface area (Å²) in [5.41, 5.74) is 2.40. The maximum absolute atomic E-state index is 14.6. The van der Waals surface area contributed by atoms with Gasteiger partial charge in [-0.25, -0.2) is 4.98 Å². The second-order valence-corrected chi connectivity index (χ2v) is 14.7. The fraction of sp³-hybridized carbons (Fsp3) is 0.474. The number of rotatable bonds is 4. The lowest BCUT2D eigenvalue weighted by Gasteiger charge is -2.28. The van der Waals surface area contributed by atoms with E-state index in [4.69, 9.17) is 0 Å². The topological polar surface area (TPSA) is 152 Å². The second kappa shape index (κ2) is 13.6. The van der Waals surface area contributed by atoms with Crippen LogP contribution in [-0.4, -0.2) is 71.8 Å². The van der Waals surface area contributed by atoms with Crippen molar-refractivity contribution in [1.29, 1.82) is 0 Å². The van der Waals surface area contributed by atoms with E-state index in [1.807, 2.05) is 26.0 Å². The second-order valence-electron chi connectivity index (χ2n) is 14.7. The number of piperidine rings is 1. The van der Waals surface area contributed by atoms with Crippen LogP contribution in [0.2, 0.25) is 0 Å². The number of carbonyl (C=O) groups is 4. The number of amides is 3. The molecule has 3 aromatic heterocycles. The van der Waals surface area contributed by atoms with E-state index in [2.05, 4.69) is 30.7 Å². The normalized spacial score (nSPS) is 23.7. The minimum atomic E-state index is -4.72. The molecule has 1 saturated carbocycles. The van der Waals surface area contributed by atoms with Gasteiger partial charge in [-0.1, -0.05) is 25.8 Å². The molecule has 3 aliphatic rings. The number of pyridine rings is 1. The summed E-state index contributed by atoms with van der Waals surface area (Å²) < 4.78 is 42.1. The lowest BCUT2D eigenvalue weighted by molar-refractivity contribution is -0.141. The van der Waals surface area contributed by atoms with E-state index in [1.54, 1.807) is 12.4 Å². The van der Waals surface area contributed by atoms with Gasteiger partial charge in [0.05, 0.1) is 23.1 Å². The Kier molecular flexibility index (Phi) is 9.31. The third kappa shape index (κ3) is 6.77. The van der Waals surface area contributed by atoms with Crippen molar-refractivity contribution in [2.45, 2.75) is 97.4 Å². The predicted octanol–water partition coefficient (Wildman–Crippen LogP) is 5.59. The van der Waals surface area contributed by atoms with Crippen molar-refractivity contribution in [2.24, 2.45) is 11.3 Å². The first-order valence-corrected chi connectivity index (χ1v) is 17.9. The molecule has 15 heteroatoms. The molecule has 53 heavy (non-hydrogen) atoms. The molecule has 12 nitrogen and oxygen atoms in total. The Hall–Kier alpha value is -5.21. The Bertz CT molecular complexity index is 2130. The summed E-state index contributed by atoms with van der Waals surface area (Å²) in [7, 11) is 0. The van der Waals surface area contributed by atoms with Crippen molar-refractivity contribution < 1.29 is 32.3 Å². The van der Waals surface area contributed by atoms with Gasteiger partial charge in [-0.05, 0) is 74.8 Å². The third-order valence-electron chi connectivity index (χ3n) is 11.1. The maximum Gasteiger partial charge on any atom is 0.433 e. The van der Waals surface area contributed by atoms with E-state index < -0.39 is 41.2 Å². The van der Waals surface area contributed by atoms with Crippen molar-refractivity contribution in [3.05, 3.63) is 64.9 Å². The van der Waals surface area contributed by atoms with Crippen LogP contribution >= 0.6 is 0 Å². The fourth-order valence-corrected chi connectivity index (χ4v) is 8.22. The molecule has 2 aliphatic heterocycles. The first-order chi connectivity index (χ1) is 25.2. The number of nitrogens with one attached hydrogen (secondary N) is 2. The number of anilines is 1. The molecule has 1 aliphatic carbocycles. The van der Waals surface area contributed by atoms with Gasteiger partial charge in [0.25, 0.3) is 0 Å². The monoisotopic (exact) mass is 730 g/mol. The van der Waals surface area contributed by atoms with Crippen molar-refractivity contribution in [3.8, 4) is 11.3 Å². The molecule has 278 valence electrons. The molecular weight excluding hydrogens is 689 g/mol. The Balaban J connectivity index is 1.30. The Morgan fingerprint density at radius 3 is 2.47 bits per heavy atom. The van der Waals surface area contributed by atoms with E-state index in [0.29, 0.717) is 41.4 Å². The number of ketones is 1. The third-order valence-corrected chi connectivity index (χ3v) is 11.1. The van der Waals surface area contributed by atoms with Gasteiger partial charge in [-0.3, -0.25) is 33.8 Å². The maximum atomic E-state index is 14.6. The van der Waals surface area contributed by atoms with E-state index in [-0.39, 0.29) is 48.6 Å². The van der Waals surface area contributed by atoms with Crippen LogP contribution in [0.15, 0.2) is 36.7 Å². The highest BCUT2D eigenvalue weighted by Crippen LogP contribution is 2.64. The van der Waals surface area contributed by atoms with Crippen LogP contribution in [0.4, 0.5) is 19.0 Å². The number of hydrogen-bond donors (Lipinski definition) is 2. The molecule has 0 radical (unpaired) electrons. The van der Waals surface area contributed by atoms with Crippen LogP contribution in [0.5, 0.6) is 0 Å². The zero-order chi connectivity index (χ0) is 37.8. The summed E-state index contributed by atoms with van der Waals surface area (Å²) in [6, 6.07) is 4.43. The van der Waals surface area contributed by atoms with Gasteiger partial charge in [-0.15, -0.1) is 0 Å². The van der Waals surface area contributed by atoms with Crippen molar-refractivity contribution in [1.82, 2.24) is 34.9 Å². The first-order valence-electron chi connectivity index (χ1n) is 17.9. The highest BCUT2D eigenvalue weighted by atomic mass is 19.4. The Labute approximate surface area is 304 Å². The SMILES string of the molecule is CC(=O)c1nn2c3c(cc(-c4cnc(C)cn4)cc13)CCCCCCC(=O)NC[C@@]13C[C@@H](C(=O)Nc4nc(C(F)(F)F)ccc4C)N(C(=O)C2)C1[C@@H]3C. The number of aromatic nitrogens is 5. The van der Waals surface area contributed by atoms with Crippen molar-refractivity contribution in [2.75, 3.05) is 11.9 Å². The highest BCUT2D eigenvalue weighted by Gasteiger charge is 2.72. The average molecular weight is 731 g/mol. The zero-order valence-corrected chi connectivity index (χ0v) is 30.0. The smallest absolute Gasteiger partial charge is 0.355 e. The predicted molar refractivity (Wildman–Crippen MR) is 189 cm³/mol. The molecule has 1 aromatic carbocycles. The minimum Gasteiger partial charge on any atom is -0.355 e. The molecule has 2 N–H and O–H groups in total. The summed E-state index contributed by atoms with van der Waals surface area (Å²) >= 11 is 0. The first kappa shape index (κ1) is 36.2. The lowest BCUT2D eigenvalue weighted by Crippen LogP contribution is -2.47. The number of carbonyl (C=O) groups excluding carboxylic acids is 4. The van der Waals surface area contributed by atoms with Crippen LogP contribution in [0.25, 0.3) is 22.2 Å². The number of halogens is 3. The summed E-state index contributed by atoms with van der Waals surface area (Å²) in [4.78, 5) is 68.7. The number of alkyl halides is 3. The summed E-state index contributed by atoms with van der Waals surface area (Å²) in [6.07, 6.45) is 2.93. The molecular formula is C38H41F3N8O4. The van der Waals surface area contributed by atoms with Crippen LogP contribution in [0.3, 0.4) is 0 Å². The van der Waals surface area contributed by atoms with Gasteiger partial charge in [0.15, 0.2) is 5.78 Å². The van der Waals surface area contributed by atoms with Crippen LogP contribution in [0.1, 0.15) is 85.4 Å². The molecule has 1 unspecified atom stereocenters. The largest absolute Gasteiger partial charge is 0.433 e. The number of aryl methyl sites for hydroxylation is 3. The number of nitrogens with zero attached hydrogens (tertiary/aromatic N) is 6. The van der Waals surface area contributed by atoms with E-state index in [0.717, 1.165) is 42.1 Å². The fourth-order valence-electron chi connectivity index (χ4n) is 8.22. The number of benzene rings is 1. The van der Waals surface area contributed by atoms with Gasteiger partial charge < -0.3 is 15.5 Å².